The predicted molar refractivity (Wildman–Crippen MR) is 140 cm³/mol. The van der Waals surface area contributed by atoms with Crippen LogP contribution in [0.1, 0.15) is 55.7 Å². The van der Waals surface area contributed by atoms with E-state index in [1.165, 1.54) is 29.5 Å². The van der Waals surface area contributed by atoms with Gasteiger partial charge in [0.05, 0.1) is 30.4 Å². The number of hydrogen-bond donors (Lipinski definition) is 3. The van der Waals surface area contributed by atoms with Gasteiger partial charge in [-0.25, -0.2) is 9.78 Å². The number of carbonyl (C=O) groups is 1. The van der Waals surface area contributed by atoms with Crippen LogP contribution < -0.4 is 10.6 Å². The number of aromatic nitrogens is 2. The van der Waals surface area contributed by atoms with Crippen LogP contribution in [0.3, 0.4) is 0 Å². The number of hydrogen-bond acceptors (Lipinski definition) is 3. The van der Waals surface area contributed by atoms with Crippen LogP contribution in [-0.2, 0) is 0 Å². The van der Waals surface area contributed by atoms with E-state index in [0.29, 0.717) is 23.7 Å². The second-order valence-corrected chi connectivity index (χ2v) is 11.9. The summed E-state index contributed by atoms with van der Waals surface area (Å²) in [4.78, 5) is 17.3. The number of carbonyl (C=O) groups excluding carboxylic acids is 1. The van der Waals surface area contributed by atoms with E-state index in [1.54, 1.807) is 0 Å². The van der Waals surface area contributed by atoms with E-state index >= 15 is 0 Å². The summed E-state index contributed by atoms with van der Waals surface area (Å²) < 4.78 is 2.24. The lowest BCUT2D eigenvalue weighted by Crippen LogP contribution is -2.64. The summed E-state index contributed by atoms with van der Waals surface area (Å²) in [6, 6.07) is 16.5. The molecule has 0 spiro atoms. The second-order valence-electron chi connectivity index (χ2n) is 11.9. The minimum absolute atomic E-state index is 0.104. The Bertz CT molecular complexity index is 1280. The van der Waals surface area contributed by atoms with Gasteiger partial charge in [0.25, 0.3) is 0 Å². The van der Waals surface area contributed by atoms with Crippen LogP contribution in [0, 0.1) is 30.6 Å². The summed E-state index contributed by atoms with van der Waals surface area (Å²) >= 11 is 0. The van der Waals surface area contributed by atoms with Gasteiger partial charge >= 0.3 is 6.03 Å². The molecule has 4 aliphatic carbocycles. The summed E-state index contributed by atoms with van der Waals surface area (Å²) in [5.74, 6) is 1.88. The number of aliphatic hydroxyl groups is 1. The van der Waals surface area contributed by atoms with Crippen molar-refractivity contribution < 1.29 is 9.90 Å². The number of rotatable bonds is 5. The molecule has 4 fully saturated rings. The average Bonchev–Trinajstić information content (AvgIpc) is 3.42. The Kier molecular flexibility index (Phi) is 5.04. The molecule has 3 N–H and O–H groups in total. The molecule has 186 valence electrons. The maximum absolute atomic E-state index is 13.0. The van der Waals surface area contributed by atoms with Crippen LogP contribution in [0.15, 0.2) is 61.1 Å². The predicted octanol–water partition coefficient (Wildman–Crippen LogP) is 5.53. The van der Waals surface area contributed by atoms with Crippen LogP contribution in [0.5, 0.6) is 0 Å². The highest BCUT2D eigenvalue weighted by Gasteiger charge is 2.57. The summed E-state index contributed by atoms with van der Waals surface area (Å²) in [6.07, 6.45) is 9.58. The molecule has 6 nitrogen and oxygen atoms in total. The first-order valence-electron chi connectivity index (χ1n) is 13.4. The normalized spacial score (nSPS) is 32.1. The van der Waals surface area contributed by atoms with Gasteiger partial charge in [-0.1, -0.05) is 42.0 Å². The van der Waals surface area contributed by atoms with Gasteiger partial charge in [-0.3, -0.25) is 0 Å². The van der Waals surface area contributed by atoms with Crippen molar-refractivity contribution >= 4 is 11.7 Å². The fourth-order valence-corrected chi connectivity index (χ4v) is 8.44. The number of aliphatic hydroxyl groups excluding tert-OH is 1. The summed E-state index contributed by atoms with van der Waals surface area (Å²) in [6.45, 7) is 2.05. The Morgan fingerprint density at radius 3 is 2.64 bits per heavy atom. The molecule has 0 saturated heterocycles. The molecule has 2 amide bonds. The number of benzene rings is 2. The van der Waals surface area contributed by atoms with Gasteiger partial charge in [0.2, 0.25) is 0 Å². The van der Waals surface area contributed by atoms with Gasteiger partial charge in [0.15, 0.2) is 0 Å². The van der Waals surface area contributed by atoms with Crippen LogP contribution in [-0.4, -0.2) is 32.3 Å². The zero-order valence-electron chi connectivity index (χ0n) is 20.7. The van der Waals surface area contributed by atoms with Crippen molar-refractivity contribution in [3.63, 3.8) is 0 Å². The van der Waals surface area contributed by atoms with Crippen LogP contribution >= 0.6 is 0 Å². The number of fused-ring (bicyclic) bond motifs is 3. The summed E-state index contributed by atoms with van der Waals surface area (Å²) in [5, 5.41) is 18.1. The zero-order valence-corrected chi connectivity index (χ0v) is 20.7. The van der Waals surface area contributed by atoms with Crippen molar-refractivity contribution in [2.45, 2.75) is 63.1 Å². The first-order chi connectivity index (χ1) is 17.5. The fourth-order valence-electron chi connectivity index (χ4n) is 8.44. The Hall–Kier alpha value is -3.12. The fraction of sp³-hybridized carbons (Fsp3) is 0.467. The minimum atomic E-state index is -0.357. The van der Waals surface area contributed by atoms with Gasteiger partial charge in [0, 0.05) is 16.8 Å². The number of nitrogens with zero attached hydrogens (tertiary/aromatic N) is 2. The molecule has 2 aromatic carbocycles. The molecule has 4 bridgehead atoms. The maximum Gasteiger partial charge on any atom is 0.319 e. The Balaban J connectivity index is 1.07. The number of anilines is 1. The molecule has 0 radical (unpaired) electrons. The lowest BCUT2D eigenvalue weighted by Gasteiger charge is -2.61. The number of nitrogens with one attached hydrogen (secondary N) is 2. The highest BCUT2D eigenvalue weighted by atomic mass is 16.3. The maximum atomic E-state index is 13.0. The highest BCUT2D eigenvalue weighted by Crippen LogP contribution is 2.60. The second kappa shape index (κ2) is 8.20. The van der Waals surface area contributed by atoms with Gasteiger partial charge in [0.1, 0.15) is 0 Å². The topological polar surface area (TPSA) is 79.2 Å². The van der Waals surface area contributed by atoms with Gasteiger partial charge in [-0.15, -0.1) is 0 Å². The Labute approximate surface area is 212 Å². The highest BCUT2D eigenvalue weighted by molar-refractivity contribution is 5.89. The number of urea groups is 1. The molecule has 4 saturated carbocycles. The molecular weight excluding hydrogens is 448 g/mol. The van der Waals surface area contributed by atoms with Crippen molar-refractivity contribution in [2.75, 3.05) is 5.32 Å². The number of imidazole rings is 1. The lowest BCUT2D eigenvalue weighted by molar-refractivity contribution is -0.108. The quantitative estimate of drug-likeness (QED) is 0.447. The molecule has 1 aromatic heterocycles. The third-order valence-corrected chi connectivity index (χ3v) is 9.54. The zero-order chi connectivity index (χ0) is 24.4. The van der Waals surface area contributed by atoms with Crippen molar-refractivity contribution in [3.05, 3.63) is 72.2 Å². The van der Waals surface area contributed by atoms with E-state index in [0.717, 1.165) is 37.1 Å². The lowest BCUT2D eigenvalue weighted by atomic mass is 9.48. The number of aryl methyl sites for hydroxylation is 1. The third kappa shape index (κ3) is 3.57. The SMILES string of the molecule is Cc1ccc(NC(=O)NC23CC4CC(C2)C(C(O)CC2c5ccccc5-c5cncn52)C(C4)C3)cc1. The minimum Gasteiger partial charge on any atom is -0.393 e. The molecule has 4 atom stereocenters. The molecule has 36 heavy (non-hydrogen) atoms. The molecule has 5 aliphatic rings. The Morgan fingerprint density at radius 1 is 1.11 bits per heavy atom. The monoisotopic (exact) mass is 482 g/mol. The van der Waals surface area contributed by atoms with Crippen LogP contribution in [0.25, 0.3) is 11.3 Å². The first kappa shape index (κ1) is 22.1. The molecule has 1 aliphatic heterocycles. The van der Waals surface area contributed by atoms with Crippen molar-refractivity contribution in [2.24, 2.45) is 23.7 Å². The molecule has 6 heteroatoms. The average molecular weight is 483 g/mol. The van der Waals surface area contributed by atoms with E-state index in [9.17, 15) is 9.90 Å². The van der Waals surface area contributed by atoms with Gasteiger partial charge in [-0.2, -0.15) is 0 Å². The smallest absolute Gasteiger partial charge is 0.319 e. The molecular formula is C30H34N4O2. The first-order valence-corrected chi connectivity index (χ1v) is 13.4. The molecule has 3 aromatic rings. The summed E-state index contributed by atoms with van der Waals surface area (Å²) in [7, 11) is 0. The third-order valence-electron chi connectivity index (χ3n) is 9.54. The van der Waals surface area contributed by atoms with E-state index in [2.05, 4.69) is 44.5 Å². The molecule has 2 heterocycles. The van der Waals surface area contributed by atoms with Crippen molar-refractivity contribution in [1.29, 1.82) is 0 Å². The molecule has 8 rings (SSSR count). The van der Waals surface area contributed by atoms with Crippen LogP contribution in [0.2, 0.25) is 0 Å². The largest absolute Gasteiger partial charge is 0.393 e. The van der Waals surface area contributed by atoms with E-state index in [1.807, 2.05) is 43.7 Å². The number of amides is 2. The summed E-state index contributed by atoms with van der Waals surface area (Å²) in [5.41, 5.74) is 5.54. The van der Waals surface area contributed by atoms with Gasteiger partial charge < -0.3 is 20.3 Å². The Morgan fingerprint density at radius 2 is 1.86 bits per heavy atom. The van der Waals surface area contributed by atoms with E-state index < -0.39 is 0 Å². The van der Waals surface area contributed by atoms with Crippen molar-refractivity contribution in [1.82, 2.24) is 14.9 Å². The molecule has 4 unspecified atom stereocenters. The van der Waals surface area contributed by atoms with E-state index in [4.69, 9.17) is 0 Å². The standard InChI is InChI=1S/C30H34N4O2/c1-18-6-8-22(9-7-18)32-29(36)33-30-13-19-10-20(14-30)28(21(11-19)15-30)27(35)12-25-23-4-2-3-5-24(23)26-16-31-17-34(25)26/h2-9,16-17,19-21,25,27-28,35H,10-15H2,1H3,(H2,32,33,36). The van der Waals surface area contributed by atoms with Gasteiger partial charge in [-0.05, 0) is 86.8 Å². The van der Waals surface area contributed by atoms with Crippen molar-refractivity contribution in [3.8, 4) is 11.3 Å². The van der Waals surface area contributed by atoms with Crippen LogP contribution in [0.4, 0.5) is 10.5 Å². The van der Waals surface area contributed by atoms with E-state index in [-0.39, 0.29) is 23.7 Å².